The number of likely N-dealkylation sites (tertiary alicyclic amines) is 1. The van der Waals surface area contributed by atoms with Crippen LogP contribution in [0.4, 0.5) is 0 Å². The molecule has 0 radical (unpaired) electrons. The van der Waals surface area contributed by atoms with Crippen molar-refractivity contribution in [1.29, 1.82) is 5.26 Å². The first kappa shape index (κ1) is 12.6. The lowest BCUT2D eigenvalue weighted by Crippen LogP contribution is -2.29. The SMILES string of the molecule is CC(C)CNC(=O)/C(C#N)=C\N1CCCC1. The number of hydrogen-bond donors (Lipinski definition) is 1. The summed E-state index contributed by atoms with van der Waals surface area (Å²) >= 11 is 0. The number of hydrogen-bond acceptors (Lipinski definition) is 3. The highest BCUT2D eigenvalue weighted by molar-refractivity contribution is 5.97. The van der Waals surface area contributed by atoms with Gasteiger partial charge in [0, 0.05) is 25.8 Å². The third-order valence-electron chi connectivity index (χ3n) is 2.49. The zero-order valence-corrected chi connectivity index (χ0v) is 9.99. The molecule has 1 aliphatic rings. The molecular weight excluding hydrogens is 202 g/mol. The summed E-state index contributed by atoms with van der Waals surface area (Å²) in [6.45, 7) is 6.55. The van der Waals surface area contributed by atoms with E-state index in [9.17, 15) is 4.79 Å². The highest BCUT2D eigenvalue weighted by Crippen LogP contribution is 2.09. The Hall–Kier alpha value is -1.50. The van der Waals surface area contributed by atoms with Gasteiger partial charge in [0.25, 0.3) is 5.91 Å². The maximum absolute atomic E-state index is 11.6. The summed E-state index contributed by atoms with van der Waals surface area (Å²) in [4.78, 5) is 13.7. The fraction of sp³-hybridized carbons (Fsp3) is 0.667. The maximum Gasteiger partial charge on any atom is 0.263 e. The lowest BCUT2D eigenvalue weighted by atomic mass is 10.2. The van der Waals surface area contributed by atoms with Crippen molar-refractivity contribution in [1.82, 2.24) is 10.2 Å². The molecule has 88 valence electrons. The van der Waals surface area contributed by atoms with Gasteiger partial charge >= 0.3 is 0 Å². The summed E-state index contributed by atoms with van der Waals surface area (Å²) in [6.07, 6.45) is 3.97. The lowest BCUT2D eigenvalue weighted by molar-refractivity contribution is -0.117. The minimum atomic E-state index is -0.261. The van der Waals surface area contributed by atoms with Crippen LogP contribution in [0.25, 0.3) is 0 Å². The van der Waals surface area contributed by atoms with Crippen molar-refractivity contribution >= 4 is 5.91 Å². The minimum Gasteiger partial charge on any atom is -0.376 e. The fourth-order valence-electron chi connectivity index (χ4n) is 1.58. The number of carbonyl (C=O) groups excluding carboxylic acids is 1. The van der Waals surface area contributed by atoms with E-state index in [-0.39, 0.29) is 11.5 Å². The molecule has 1 fully saturated rings. The molecule has 1 N–H and O–H groups in total. The van der Waals surface area contributed by atoms with Crippen LogP contribution >= 0.6 is 0 Å². The molecule has 1 amide bonds. The zero-order chi connectivity index (χ0) is 12.0. The summed E-state index contributed by atoms with van der Waals surface area (Å²) in [5.41, 5.74) is 0.211. The van der Waals surface area contributed by atoms with Crippen molar-refractivity contribution in [3.8, 4) is 6.07 Å². The Morgan fingerprint density at radius 3 is 2.62 bits per heavy atom. The van der Waals surface area contributed by atoms with Gasteiger partial charge in [-0.3, -0.25) is 4.79 Å². The first-order chi connectivity index (χ1) is 7.63. The summed E-state index contributed by atoms with van der Waals surface area (Å²) in [5, 5.41) is 11.7. The van der Waals surface area contributed by atoms with Gasteiger partial charge in [-0.05, 0) is 18.8 Å². The quantitative estimate of drug-likeness (QED) is 0.574. The third-order valence-corrected chi connectivity index (χ3v) is 2.49. The standard InChI is InChI=1S/C12H19N3O/c1-10(2)8-14-12(16)11(7-13)9-15-5-3-4-6-15/h9-10H,3-6,8H2,1-2H3,(H,14,16)/b11-9-. The Bertz CT molecular complexity index is 309. The average molecular weight is 221 g/mol. The van der Waals surface area contributed by atoms with E-state index in [0.717, 1.165) is 25.9 Å². The topological polar surface area (TPSA) is 56.1 Å². The Kier molecular flexibility index (Phi) is 4.84. The molecular formula is C12H19N3O. The fourth-order valence-corrected chi connectivity index (χ4v) is 1.58. The smallest absolute Gasteiger partial charge is 0.263 e. The lowest BCUT2D eigenvalue weighted by Gasteiger charge is -2.12. The van der Waals surface area contributed by atoms with Crippen LogP contribution in [0.15, 0.2) is 11.8 Å². The highest BCUT2D eigenvalue weighted by Gasteiger charge is 2.13. The van der Waals surface area contributed by atoms with E-state index in [0.29, 0.717) is 12.5 Å². The number of nitriles is 1. The molecule has 1 heterocycles. The van der Waals surface area contributed by atoms with Gasteiger partial charge in [0.1, 0.15) is 11.6 Å². The molecule has 0 atom stereocenters. The monoisotopic (exact) mass is 221 g/mol. The Morgan fingerprint density at radius 1 is 1.50 bits per heavy atom. The van der Waals surface area contributed by atoms with E-state index in [1.807, 2.05) is 24.8 Å². The molecule has 1 rings (SSSR count). The van der Waals surface area contributed by atoms with Gasteiger partial charge in [0.2, 0.25) is 0 Å². The van der Waals surface area contributed by atoms with Crippen LogP contribution in [-0.4, -0.2) is 30.4 Å². The van der Waals surface area contributed by atoms with Crippen molar-refractivity contribution in [3.05, 3.63) is 11.8 Å². The van der Waals surface area contributed by atoms with Crippen molar-refractivity contribution in [3.63, 3.8) is 0 Å². The second kappa shape index (κ2) is 6.16. The number of nitrogens with one attached hydrogen (secondary N) is 1. The second-order valence-corrected chi connectivity index (χ2v) is 4.50. The number of nitrogens with zero attached hydrogens (tertiary/aromatic N) is 2. The number of carbonyl (C=O) groups is 1. The van der Waals surface area contributed by atoms with Crippen LogP contribution in [0.1, 0.15) is 26.7 Å². The number of rotatable bonds is 4. The highest BCUT2D eigenvalue weighted by atomic mass is 16.1. The molecule has 0 spiro atoms. The zero-order valence-electron chi connectivity index (χ0n) is 9.99. The van der Waals surface area contributed by atoms with Crippen LogP contribution in [-0.2, 0) is 4.79 Å². The first-order valence-electron chi connectivity index (χ1n) is 5.77. The van der Waals surface area contributed by atoms with Crippen LogP contribution in [0.3, 0.4) is 0 Å². The largest absolute Gasteiger partial charge is 0.376 e. The molecule has 0 aromatic rings. The van der Waals surface area contributed by atoms with Crippen molar-refractivity contribution in [2.24, 2.45) is 5.92 Å². The van der Waals surface area contributed by atoms with Crippen molar-refractivity contribution in [2.45, 2.75) is 26.7 Å². The van der Waals surface area contributed by atoms with E-state index in [4.69, 9.17) is 5.26 Å². The summed E-state index contributed by atoms with van der Waals surface area (Å²) in [7, 11) is 0. The molecule has 0 aromatic carbocycles. The van der Waals surface area contributed by atoms with E-state index < -0.39 is 0 Å². The summed E-state index contributed by atoms with van der Waals surface area (Å²) < 4.78 is 0. The normalized spacial score (nSPS) is 16.4. The van der Waals surface area contributed by atoms with Gasteiger partial charge in [0.15, 0.2) is 0 Å². The van der Waals surface area contributed by atoms with Crippen LogP contribution in [0, 0.1) is 17.2 Å². The molecule has 0 bridgehead atoms. The van der Waals surface area contributed by atoms with Gasteiger partial charge in [-0.2, -0.15) is 5.26 Å². The molecule has 0 saturated carbocycles. The van der Waals surface area contributed by atoms with E-state index in [2.05, 4.69) is 5.32 Å². The van der Waals surface area contributed by atoms with Crippen molar-refractivity contribution in [2.75, 3.05) is 19.6 Å². The molecule has 4 nitrogen and oxygen atoms in total. The maximum atomic E-state index is 11.6. The Labute approximate surface area is 96.9 Å². The van der Waals surface area contributed by atoms with Gasteiger partial charge in [-0.1, -0.05) is 13.8 Å². The van der Waals surface area contributed by atoms with Gasteiger partial charge in [-0.25, -0.2) is 0 Å². The number of amides is 1. The third kappa shape index (κ3) is 3.93. The average Bonchev–Trinajstić information content (AvgIpc) is 2.75. The van der Waals surface area contributed by atoms with Crippen LogP contribution in [0.2, 0.25) is 0 Å². The van der Waals surface area contributed by atoms with Crippen molar-refractivity contribution < 1.29 is 4.79 Å². The molecule has 16 heavy (non-hydrogen) atoms. The van der Waals surface area contributed by atoms with Gasteiger partial charge in [-0.15, -0.1) is 0 Å². The molecule has 0 aromatic heterocycles. The van der Waals surface area contributed by atoms with Gasteiger partial charge < -0.3 is 10.2 Å². The molecule has 1 aliphatic heterocycles. The van der Waals surface area contributed by atoms with Crippen LogP contribution < -0.4 is 5.32 Å². The Balaban J connectivity index is 2.52. The second-order valence-electron chi connectivity index (χ2n) is 4.50. The minimum absolute atomic E-state index is 0.211. The molecule has 4 heteroatoms. The van der Waals surface area contributed by atoms with Crippen LogP contribution in [0.5, 0.6) is 0 Å². The van der Waals surface area contributed by atoms with E-state index in [1.54, 1.807) is 6.20 Å². The molecule has 0 unspecified atom stereocenters. The summed E-state index contributed by atoms with van der Waals surface area (Å²) in [6, 6.07) is 1.96. The van der Waals surface area contributed by atoms with E-state index in [1.165, 1.54) is 0 Å². The molecule has 0 aliphatic carbocycles. The molecule has 1 saturated heterocycles. The predicted molar refractivity (Wildman–Crippen MR) is 62.4 cm³/mol. The van der Waals surface area contributed by atoms with E-state index >= 15 is 0 Å². The van der Waals surface area contributed by atoms with Gasteiger partial charge in [0.05, 0.1) is 0 Å². The summed E-state index contributed by atoms with van der Waals surface area (Å²) in [5.74, 6) is 0.138. The first-order valence-corrected chi connectivity index (χ1v) is 5.77. The predicted octanol–water partition coefficient (Wildman–Crippen LogP) is 1.26. The Morgan fingerprint density at radius 2 is 2.12 bits per heavy atom.